The Hall–Kier alpha value is -2.21. The van der Waals surface area contributed by atoms with Crippen molar-refractivity contribution in [2.75, 3.05) is 5.32 Å². The molecular formula is C12H10N2O3S. The molecule has 1 amide bonds. The molecule has 2 heterocycles. The van der Waals surface area contributed by atoms with E-state index in [9.17, 15) is 9.59 Å². The minimum absolute atomic E-state index is 0.233. The van der Waals surface area contributed by atoms with E-state index in [1.165, 1.54) is 6.20 Å². The SMILES string of the molecule is Cc1cc(NC(=O)c2cccnc2)sc1C(=O)O. The quantitative estimate of drug-likeness (QED) is 0.890. The van der Waals surface area contributed by atoms with Crippen LogP contribution >= 0.6 is 11.3 Å². The molecule has 0 aliphatic rings. The lowest BCUT2D eigenvalue weighted by atomic mass is 10.2. The van der Waals surface area contributed by atoms with Crippen molar-refractivity contribution in [1.29, 1.82) is 0 Å². The highest BCUT2D eigenvalue weighted by Gasteiger charge is 2.14. The van der Waals surface area contributed by atoms with Crippen molar-refractivity contribution in [3.05, 3.63) is 46.6 Å². The number of rotatable bonds is 3. The van der Waals surface area contributed by atoms with Crippen molar-refractivity contribution in [2.24, 2.45) is 0 Å². The average Bonchev–Trinajstić information content (AvgIpc) is 2.71. The highest BCUT2D eigenvalue weighted by molar-refractivity contribution is 7.18. The Morgan fingerprint density at radius 2 is 2.22 bits per heavy atom. The molecule has 2 rings (SSSR count). The molecule has 0 aromatic carbocycles. The van der Waals surface area contributed by atoms with Gasteiger partial charge in [0.2, 0.25) is 0 Å². The van der Waals surface area contributed by atoms with Gasteiger partial charge in [0.05, 0.1) is 10.6 Å². The van der Waals surface area contributed by atoms with Crippen molar-refractivity contribution in [3.8, 4) is 0 Å². The summed E-state index contributed by atoms with van der Waals surface area (Å²) >= 11 is 1.04. The van der Waals surface area contributed by atoms with Gasteiger partial charge in [-0.15, -0.1) is 11.3 Å². The molecule has 0 unspecified atom stereocenters. The van der Waals surface area contributed by atoms with Crippen LogP contribution in [0.4, 0.5) is 5.00 Å². The van der Waals surface area contributed by atoms with Gasteiger partial charge >= 0.3 is 5.97 Å². The van der Waals surface area contributed by atoms with E-state index in [1.807, 2.05) is 0 Å². The van der Waals surface area contributed by atoms with Crippen LogP contribution in [0.2, 0.25) is 0 Å². The third kappa shape index (κ3) is 2.54. The van der Waals surface area contributed by atoms with Crippen molar-refractivity contribution >= 4 is 28.2 Å². The average molecular weight is 262 g/mol. The van der Waals surface area contributed by atoms with Crippen LogP contribution in [0.25, 0.3) is 0 Å². The fourth-order valence-corrected chi connectivity index (χ4v) is 2.34. The molecule has 6 heteroatoms. The summed E-state index contributed by atoms with van der Waals surface area (Å²) in [5.41, 5.74) is 1.06. The van der Waals surface area contributed by atoms with Crippen molar-refractivity contribution in [2.45, 2.75) is 6.92 Å². The first kappa shape index (κ1) is 12.3. The number of nitrogens with one attached hydrogen (secondary N) is 1. The third-order valence-electron chi connectivity index (χ3n) is 2.27. The van der Waals surface area contributed by atoms with Gasteiger partial charge in [-0.25, -0.2) is 4.79 Å². The normalized spacial score (nSPS) is 10.1. The Morgan fingerprint density at radius 3 is 2.78 bits per heavy atom. The molecule has 0 saturated carbocycles. The second-order valence-electron chi connectivity index (χ2n) is 3.62. The van der Waals surface area contributed by atoms with Crippen LogP contribution in [0.3, 0.4) is 0 Å². The van der Waals surface area contributed by atoms with Crippen molar-refractivity contribution in [3.63, 3.8) is 0 Å². The zero-order chi connectivity index (χ0) is 13.1. The summed E-state index contributed by atoms with van der Waals surface area (Å²) in [6.07, 6.45) is 3.03. The lowest BCUT2D eigenvalue weighted by Gasteiger charge is -2.00. The molecule has 0 spiro atoms. The number of pyridine rings is 1. The highest BCUT2D eigenvalue weighted by Crippen LogP contribution is 2.26. The molecule has 0 aliphatic heterocycles. The number of hydrogen-bond acceptors (Lipinski definition) is 4. The number of nitrogens with zero attached hydrogens (tertiary/aromatic N) is 1. The molecule has 0 radical (unpaired) electrons. The molecule has 5 nitrogen and oxygen atoms in total. The van der Waals surface area contributed by atoms with Gasteiger partial charge < -0.3 is 10.4 Å². The van der Waals surface area contributed by atoms with Gasteiger partial charge in [0.25, 0.3) is 5.91 Å². The monoisotopic (exact) mass is 262 g/mol. The van der Waals surface area contributed by atoms with Gasteiger partial charge in [0, 0.05) is 12.4 Å². The number of anilines is 1. The lowest BCUT2D eigenvalue weighted by Crippen LogP contribution is -2.10. The second-order valence-corrected chi connectivity index (χ2v) is 4.68. The van der Waals surface area contributed by atoms with E-state index in [0.29, 0.717) is 16.1 Å². The van der Waals surface area contributed by atoms with E-state index in [2.05, 4.69) is 10.3 Å². The van der Waals surface area contributed by atoms with Crippen molar-refractivity contribution in [1.82, 2.24) is 4.98 Å². The highest BCUT2D eigenvalue weighted by atomic mass is 32.1. The summed E-state index contributed by atoms with van der Waals surface area (Å²) in [5.74, 6) is -1.29. The zero-order valence-electron chi connectivity index (χ0n) is 9.51. The third-order valence-corrected chi connectivity index (χ3v) is 3.41. The van der Waals surface area contributed by atoms with E-state index in [0.717, 1.165) is 11.3 Å². The van der Waals surface area contributed by atoms with Gasteiger partial charge in [-0.05, 0) is 30.7 Å². The molecule has 18 heavy (non-hydrogen) atoms. The van der Waals surface area contributed by atoms with Crippen LogP contribution in [0.15, 0.2) is 30.6 Å². The van der Waals surface area contributed by atoms with Crippen LogP contribution in [0, 0.1) is 6.92 Å². The Kier molecular flexibility index (Phi) is 3.38. The predicted molar refractivity (Wildman–Crippen MR) is 68.2 cm³/mol. The number of hydrogen-bond donors (Lipinski definition) is 2. The van der Waals surface area contributed by atoms with E-state index < -0.39 is 5.97 Å². The molecular weight excluding hydrogens is 252 g/mol. The summed E-state index contributed by atoms with van der Waals surface area (Å²) < 4.78 is 0. The van der Waals surface area contributed by atoms with E-state index >= 15 is 0 Å². The molecule has 2 aromatic heterocycles. The minimum Gasteiger partial charge on any atom is -0.477 e. The Labute approximate surface area is 107 Å². The lowest BCUT2D eigenvalue weighted by molar-refractivity contribution is 0.0701. The maximum absolute atomic E-state index is 11.8. The van der Waals surface area contributed by atoms with E-state index in [-0.39, 0.29) is 10.8 Å². The number of aromatic carboxylic acids is 1. The molecule has 0 fully saturated rings. The largest absolute Gasteiger partial charge is 0.477 e. The summed E-state index contributed by atoms with van der Waals surface area (Å²) in [5, 5.41) is 12.1. The number of aromatic nitrogens is 1. The second kappa shape index (κ2) is 4.97. The first-order valence-corrected chi connectivity index (χ1v) is 5.94. The summed E-state index contributed by atoms with van der Waals surface area (Å²) in [6, 6.07) is 4.94. The maximum atomic E-state index is 11.8. The number of carboxylic acids is 1. The van der Waals surface area contributed by atoms with Gasteiger partial charge in [-0.1, -0.05) is 0 Å². The first-order valence-electron chi connectivity index (χ1n) is 5.13. The van der Waals surface area contributed by atoms with Gasteiger partial charge in [-0.2, -0.15) is 0 Å². The predicted octanol–water partition coefficient (Wildman–Crippen LogP) is 2.40. The van der Waals surface area contributed by atoms with Crippen LogP contribution < -0.4 is 5.32 Å². The molecule has 92 valence electrons. The number of carboxylic acid groups (broad SMARTS) is 1. The van der Waals surface area contributed by atoms with Gasteiger partial charge in [-0.3, -0.25) is 9.78 Å². The summed E-state index contributed by atoms with van der Waals surface area (Å²) in [4.78, 5) is 26.8. The fraction of sp³-hybridized carbons (Fsp3) is 0.0833. The Bertz CT molecular complexity index is 593. The van der Waals surface area contributed by atoms with Crippen LogP contribution in [-0.2, 0) is 0 Å². The molecule has 0 saturated heterocycles. The fourth-order valence-electron chi connectivity index (χ4n) is 1.44. The molecule has 2 aromatic rings. The number of carbonyl (C=O) groups excluding carboxylic acids is 1. The van der Waals surface area contributed by atoms with Crippen molar-refractivity contribution < 1.29 is 14.7 Å². The standard InChI is InChI=1S/C12H10N2O3S/c1-7-5-9(18-10(7)12(16)17)14-11(15)8-3-2-4-13-6-8/h2-6H,1H3,(H,14,15)(H,16,17). The van der Waals surface area contributed by atoms with Gasteiger partial charge in [0.1, 0.15) is 4.88 Å². The molecule has 2 N–H and O–H groups in total. The number of aryl methyl sites for hydroxylation is 1. The maximum Gasteiger partial charge on any atom is 0.346 e. The molecule has 0 atom stereocenters. The van der Waals surface area contributed by atoms with E-state index in [4.69, 9.17) is 5.11 Å². The Balaban J connectivity index is 2.18. The van der Waals surface area contributed by atoms with Crippen LogP contribution in [-0.4, -0.2) is 22.0 Å². The number of carbonyl (C=O) groups is 2. The smallest absolute Gasteiger partial charge is 0.346 e. The Morgan fingerprint density at radius 1 is 1.44 bits per heavy atom. The number of thiophene rings is 1. The van der Waals surface area contributed by atoms with Crippen LogP contribution in [0.5, 0.6) is 0 Å². The minimum atomic E-state index is -0.987. The summed E-state index contributed by atoms with van der Waals surface area (Å²) in [6.45, 7) is 1.69. The van der Waals surface area contributed by atoms with Crippen LogP contribution in [0.1, 0.15) is 25.6 Å². The first-order chi connectivity index (χ1) is 8.58. The molecule has 0 aliphatic carbocycles. The molecule has 0 bridgehead atoms. The topological polar surface area (TPSA) is 79.3 Å². The summed E-state index contributed by atoms with van der Waals surface area (Å²) in [7, 11) is 0. The van der Waals surface area contributed by atoms with Gasteiger partial charge in [0.15, 0.2) is 0 Å². The van der Waals surface area contributed by atoms with E-state index in [1.54, 1.807) is 31.3 Å². The zero-order valence-corrected chi connectivity index (χ0v) is 10.3. The number of amides is 1.